The first-order valence-corrected chi connectivity index (χ1v) is 15.1. The Morgan fingerprint density at radius 3 is 2.41 bits per heavy atom. The van der Waals surface area contributed by atoms with E-state index in [1.165, 1.54) is 29.6 Å². The number of ether oxygens (including phenoxy) is 1. The summed E-state index contributed by atoms with van der Waals surface area (Å²) >= 11 is 8.25. The van der Waals surface area contributed by atoms with E-state index in [4.69, 9.17) is 11.6 Å². The number of aromatic nitrogens is 2. The van der Waals surface area contributed by atoms with E-state index in [2.05, 4.69) is 20.3 Å². The maximum atomic E-state index is 13.9. The van der Waals surface area contributed by atoms with Crippen LogP contribution in [-0.4, -0.2) is 43.4 Å². The molecule has 4 aromatic rings. The van der Waals surface area contributed by atoms with Gasteiger partial charge in [-0.2, -0.15) is 0 Å². The Morgan fingerprint density at radius 1 is 1.03 bits per heavy atom. The first-order valence-electron chi connectivity index (χ1n) is 11.4. The van der Waals surface area contributed by atoms with Crippen molar-refractivity contribution in [2.45, 2.75) is 22.7 Å². The van der Waals surface area contributed by atoms with Gasteiger partial charge >= 0.3 is 5.97 Å². The number of benzene rings is 3. The molecular weight excluding hydrogens is 580 g/mol. The number of amides is 1. The predicted molar refractivity (Wildman–Crippen MR) is 153 cm³/mol. The number of nitrogens with zero attached hydrogens (tertiary/aromatic N) is 3. The Bertz CT molecular complexity index is 1580. The number of thioether (sulfide) groups is 1. The van der Waals surface area contributed by atoms with Crippen molar-refractivity contribution in [2.24, 2.45) is 0 Å². The summed E-state index contributed by atoms with van der Waals surface area (Å²) in [6.45, 7) is 1.83. The second kappa shape index (κ2) is 12.6. The topological polar surface area (TPSA) is 119 Å². The van der Waals surface area contributed by atoms with Gasteiger partial charge in [-0.1, -0.05) is 76.7 Å². The van der Waals surface area contributed by atoms with E-state index >= 15 is 0 Å². The van der Waals surface area contributed by atoms with Crippen molar-refractivity contribution in [3.05, 3.63) is 94.5 Å². The summed E-state index contributed by atoms with van der Waals surface area (Å²) in [5, 5.41) is 11.3. The van der Waals surface area contributed by atoms with Gasteiger partial charge in [0.1, 0.15) is 0 Å². The normalized spacial score (nSPS) is 11.2. The van der Waals surface area contributed by atoms with Crippen molar-refractivity contribution in [1.82, 2.24) is 10.2 Å². The summed E-state index contributed by atoms with van der Waals surface area (Å²) < 4.78 is 34.1. The van der Waals surface area contributed by atoms with Gasteiger partial charge in [-0.25, -0.2) is 8.42 Å². The molecule has 0 aliphatic rings. The van der Waals surface area contributed by atoms with Crippen LogP contribution in [0.15, 0.2) is 82.0 Å². The Morgan fingerprint density at radius 2 is 1.72 bits per heavy atom. The quantitative estimate of drug-likeness (QED) is 0.145. The van der Waals surface area contributed by atoms with E-state index in [1.807, 2.05) is 6.92 Å². The number of para-hydroxylation sites is 1. The molecule has 0 bridgehead atoms. The van der Waals surface area contributed by atoms with Crippen molar-refractivity contribution < 1.29 is 22.7 Å². The minimum absolute atomic E-state index is 0.0369. The molecule has 39 heavy (non-hydrogen) atoms. The molecule has 202 valence electrons. The third kappa shape index (κ3) is 7.15. The molecule has 9 nitrogen and oxygen atoms in total. The molecule has 0 saturated heterocycles. The predicted octanol–water partition coefficient (Wildman–Crippen LogP) is 5.41. The molecule has 0 fully saturated rings. The summed E-state index contributed by atoms with van der Waals surface area (Å²) in [4.78, 5) is 24.9. The number of halogens is 1. The number of anilines is 2. The van der Waals surface area contributed by atoms with Gasteiger partial charge in [0.25, 0.3) is 15.9 Å². The molecule has 0 aliphatic heterocycles. The van der Waals surface area contributed by atoms with Crippen LogP contribution in [0.3, 0.4) is 0 Å². The third-order valence-corrected chi connectivity index (χ3v) is 9.41. The zero-order valence-corrected chi connectivity index (χ0v) is 24.0. The third-order valence-electron chi connectivity index (χ3n) is 5.43. The summed E-state index contributed by atoms with van der Waals surface area (Å²) in [5.41, 5.74) is 1.91. The summed E-state index contributed by atoms with van der Waals surface area (Å²) in [6.07, 6.45) is 0. The first kappa shape index (κ1) is 28.6. The monoisotopic (exact) mass is 602 g/mol. The van der Waals surface area contributed by atoms with Crippen molar-refractivity contribution in [1.29, 1.82) is 0 Å². The summed E-state index contributed by atoms with van der Waals surface area (Å²) in [7, 11) is -2.78. The number of nitrogens with one attached hydrogen (secondary N) is 1. The van der Waals surface area contributed by atoms with Crippen LogP contribution in [0.2, 0.25) is 5.02 Å². The van der Waals surface area contributed by atoms with Gasteiger partial charge in [0.05, 0.1) is 35.6 Å². The number of methoxy groups -OCH3 is 1. The van der Waals surface area contributed by atoms with Crippen LogP contribution in [0.1, 0.15) is 21.5 Å². The van der Waals surface area contributed by atoms with Crippen molar-refractivity contribution in [2.75, 3.05) is 22.5 Å². The number of sulfonamides is 1. The standard InChI is InChI=1S/C26H23ClN4O5S3/c1-17-7-13-20(14-8-17)39(34,35)31(15-18-9-11-19(27)12-10-18)22-6-4-3-5-21(22)24(33)28-25-29-30-26(38-25)37-16-23(32)36-2/h3-14H,15-16H2,1-2H3,(H,28,29,33). The molecule has 1 heterocycles. The fraction of sp³-hybridized carbons (Fsp3) is 0.154. The molecule has 0 saturated carbocycles. The van der Waals surface area contributed by atoms with Crippen LogP contribution >= 0.6 is 34.7 Å². The highest BCUT2D eigenvalue weighted by Crippen LogP contribution is 2.31. The molecule has 0 unspecified atom stereocenters. The lowest BCUT2D eigenvalue weighted by atomic mass is 10.1. The van der Waals surface area contributed by atoms with Crippen molar-refractivity contribution in [3.63, 3.8) is 0 Å². The van der Waals surface area contributed by atoms with Gasteiger partial charge in [-0.05, 0) is 48.9 Å². The number of carbonyl (C=O) groups is 2. The SMILES string of the molecule is COC(=O)CSc1nnc(NC(=O)c2ccccc2N(Cc2ccc(Cl)cc2)S(=O)(=O)c2ccc(C)cc2)s1. The number of carbonyl (C=O) groups excluding carboxylic acids is 2. The maximum absolute atomic E-state index is 13.9. The first-order chi connectivity index (χ1) is 18.7. The molecule has 4 rings (SSSR count). The molecule has 1 amide bonds. The number of rotatable bonds is 10. The van der Waals surface area contributed by atoms with Crippen molar-refractivity contribution in [3.8, 4) is 0 Å². The molecule has 1 N–H and O–H groups in total. The number of hydrogen-bond acceptors (Lipinski definition) is 9. The Labute approximate surface area is 239 Å². The van der Waals surface area contributed by atoms with Gasteiger partial charge in [-0.3, -0.25) is 19.2 Å². The largest absolute Gasteiger partial charge is 0.468 e. The molecule has 3 aromatic carbocycles. The second-order valence-electron chi connectivity index (χ2n) is 8.16. The van der Waals surface area contributed by atoms with Crippen LogP contribution in [-0.2, 0) is 26.1 Å². The Balaban J connectivity index is 1.68. The minimum atomic E-state index is -4.07. The van der Waals surface area contributed by atoms with Crippen LogP contribution in [0.25, 0.3) is 0 Å². The van der Waals surface area contributed by atoms with E-state index in [9.17, 15) is 18.0 Å². The lowest BCUT2D eigenvalue weighted by Crippen LogP contribution is -2.32. The van der Waals surface area contributed by atoms with Crippen LogP contribution in [0.4, 0.5) is 10.8 Å². The molecule has 13 heteroatoms. The molecule has 1 aromatic heterocycles. The second-order valence-corrected chi connectivity index (χ2v) is 12.7. The number of hydrogen-bond donors (Lipinski definition) is 1. The fourth-order valence-electron chi connectivity index (χ4n) is 3.44. The molecule has 0 aliphatic carbocycles. The maximum Gasteiger partial charge on any atom is 0.316 e. The molecule has 0 atom stereocenters. The number of esters is 1. The van der Waals surface area contributed by atoms with E-state index in [1.54, 1.807) is 54.6 Å². The van der Waals surface area contributed by atoms with E-state index in [0.717, 1.165) is 28.7 Å². The summed E-state index contributed by atoms with van der Waals surface area (Å²) in [5.74, 6) is -0.921. The van der Waals surface area contributed by atoms with Gasteiger partial charge in [-0.15, -0.1) is 10.2 Å². The molecule has 0 spiro atoms. The molecular formula is C26H23ClN4O5S3. The van der Waals surface area contributed by atoms with E-state index in [0.29, 0.717) is 14.9 Å². The summed E-state index contributed by atoms with van der Waals surface area (Å²) in [6, 6.07) is 19.8. The van der Waals surface area contributed by atoms with Crippen molar-refractivity contribution >= 4 is 67.4 Å². The van der Waals surface area contributed by atoms with Gasteiger partial charge in [0, 0.05) is 5.02 Å². The lowest BCUT2D eigenvalue weighted by Gasteiger charge is -2.26. The van der Waals surface area contributed by atoms with Crippen LogP contribution in [0, 0.1) is 6.92 Å². The van der Waals surface area contributed by atoms with E-state index in [-0.39, 0.29) is 33.6 Å². The highest BCUT2D eigenvalue weighted by molar-refractivity contribution is 8.01. The Kier molecular flexibility index (Phi) is 9.23. The highest BCUT2D eigenvalue weighted by Gasteiger charge is 2.29. The molecule has 0 radical (unpaired) electrons. The average molecular weight is 603 g/mol. The number of aryl methyl sites for hydroxylation is 1. The zero-order valence-electron chi connectivity index (χ0n) is 20.8. The highest BCUT2D eigenvalue weighted by atomic mass is 35.5. The van der Waals surface area contributed by atoms with Gasteiger partial charge in [0.2, 0.25) is 5.13 Å². The average Bonchev–Trinajstić information content (AvgIpc) is 3.38. The van der Waals surface area contributed by atoms with Crippen LogP contribution < -0.4 is 9.62 Å². The van der Waals surface area contributed by atoms with Gasteiger partial charge in [0.15, 0.2) is 4.34 Å². The minimum Gasteiger partial charge on any atom is -0.468 e. The zero-order chi connectivity index (χ0) is 28.0. The lowest BCUT2D eigenvalue weighted by molar-refractivity contribution is -0.137. The van der Waals surface area contributed by atoms with Crippen LogP contribution in [0.5, 0.6) is 0 Å². The Hall–Kier alpha value is -3.45. The smallest absolute Gasteiger partial charge is 0.316 e. The fourth-order valence-corrected chi connectivity index (χ4v) is 6.62. The van der Waals surface area contributed by atoms with Gasteiger partial charge < -0.3 is 4.74 Å². The van der Waals surface area contributed by atoms with E-state index < -0.39 is 21.9 Å².